The highest BCUT2D eigenvalue weighted by atomic mass is 16.3. The molecule has 0 bridgehead atoms. The minimum Gasteiger partial charge on any atom is -0.339 e. The Bertz CT molecular complexity index is 300. The summed E-state index contributed by atoms with van der Waals surface area (Å²) in [6.07, 6.45) is 0. The van der Waals surface area contributed by atoms with Crippen molar-refractivity contribution >= 4 is 11.7 Å². The number of nitrogens with zero attached hydrogens (tertiary/aromatic N) is 2. The molecule has 0 aliphatic rings. The Hall–Kier alpha value is -1.91. The molecule has 0 unspecified atom stereocenters. The van der Waals surface area contributed by atoms with Gasteiger partial charge in [-0.05, 0) is 12.1 Å². The monoisotopic (exact) mass is 179 g/mol. The van der Waals surface area contributed by atoms with Crippen molar-refractivity contribution in [1.29, 1.82) is 0 Å². The molecule has 0 aromatic heterocycles. The summed E-state index contributed by atoms with van der Waals surface area (Å²) in [5, 5.41) is 5.66. The Labute approximate surface area is 75.3 Å². The fourth-order valence-corrected chi connectivity index (χ4v) is 0.877. The Morgan fingerprint density at radius 2 is 2.00 bits per heavy atom. The van der Waals surface area contributed by atoms with Crippen molar-refractivity contribution in [2.24, 2.45) is 5.29 Å². The molecular formula is C8H9N3O2. The number of nitroso groups, excluding NO2 is 1. The molecule has 0 saturated carbocycles. The van der Waals surface area contributed by atoms with Gasteiger partial charge in [0.1, 0.15) is 0 Å². The number of para-hydroxylation sites is 1. The minimum atomic E-state index is -0.554. The Morgan fingerprint density at radius 3 is 2.46 bits per heavy atom. The Morgan fingerprint density at radius 1 is 1.38 bits per heavy atom. The number of nitrogens with one attached hydrogen (secondary N) is 1. The number of anilines is 1. The van der Waals surface area contributed by atoms with Crippen molar-refractivity contribution in [1.82, 2.24) is 5.32 Å². The van der Waals surface area contributed by atoms with Crippen molar-refractivity contribution in [3.05, 3.63) is 35.2 Å². The molecular weight excluding hydrogens is 170 g/mol. The third kappa shape index (κ3) is 2.02. The van der Waals surface area contributed by atoms with Crippen molar-refractivity contribution in [3.63, 3.8) is 0 Å². The van der Waals surface area contributed by atoms with Crippen molar-refractivity contribution in [2.75, 3.05) is 12.1 Å². The van der Waals surface area contributed by atoms with Gasteiger partial charge < -0.3 is 5.32 Å². The summed E-state index contributed by atoms with van der Waals surface area (Å²) in [5.41, 5.74) is 0.442. The molecule has 0 saturated heterocycles. The van der Waals surface area contributed by atoms with E-state index in [0.717, 1.165) is 5.01 Å². The summed E-state index contributed by atoms with van der Waals surface area (Å²) in [6, 6.07) is 7.91. The maximum absolute atomic E-state index is 11.1. The van der Waals surface area contributed by atoms with E-state index in [0.29, 0.717) is 5.69 Å². The average molecular weight is 179 g/mol. The lowest BCUT2D eigenvalue weighted by molar-refractivity contribution is 0.248. The number of carbonyl (C=O) groups is 1. The third-order valence-corrected chi connectivity index (χ3v) is 1.49. The third-order valence-electron chi connectivity index (χ3n) is 1.49. The summed E-state index contributed by atoms with van der Waals surface area (Å²) in [6.45, 7) is 0. The smallest absolute Gasteiger partial charge is 0.339 e. The van der Waals surface area contributed by atoms with Crippen LogP contribution < -0.4 is 10.3 Å². The van der Waals surface area contributed by atoms with Crippen LogP contribution in [0, 0.1) is 4.91 Å². The van der Waals surface area contributed by atoms with Crippen molar-refractivity contribution < 1.29 is 4.79 Å². The van der Waals surface area contributed by atoms with Crippen molar-refractivity contribution in [2.45, 2.75) is 0 Å². The zero-order valence-corrected chi connectivity index (χ0v) is 7.10. The summed E-state index contributed by atoms with van der Waals surface area (Å²) >= 11 is 0. The minimum absolute atomic E-state index is 0.442. The van der Waals surface area contributed by atoms with Gasteiger partial charge in [-0.1, -0.05) is 18.2 Å². The van der Waals surface area contributed by atoms with E-state index in [-0.39, 0.29) is 0 Å². The highest BCUT2D eigenvalue weighted by molar-refractivity contribution is 5.90. The van der Waals surface area contributed by atoms with Crippen LogP contribution in [-0.4, -0.2) is 13.1 Å². The first kappa shape index (κ1) is 9.18. The van der Waals surface area contributed by atoms with E-state index in [1.807, 2.05) is 0 Å². The fraction of sp³-hybridized carbons (Fsp3) is 0.125. The summed E-state index contributed by atoms with van der Waals surface area (Å²) in [4.78, 5) is 21.4. The topological polar surface area (TPSA) is 61.8 Å². The molecule has 13 heavy (non-hydrogen) atoms. The highest BCUT2D eigenvalue weighted by Gasteiger charge is 2.13. The second kappa shape index (κ2) is 4.20. The lowest BCUT2D eigenvalue weighted by Crippen LogP contribution is -2.33. The van der Waals surface area contributed by atoms with Crippen LogP contribution in [0.15, 0.2) is 35.6 Å². The van der Waals surface area contributed by atoms with Gasteiger partial charge in [-0.15, -0.1) is 9.92 Å². The van der Waals surface area contributed by atoms with E-state index in [2.05, 4.69) is 10.6 Å². The lowest BCUT2D eigenvalue weighted by Gasteiger charge is -2.11. The van der Waals surface area contributed by atoms with E-state index in [9.17, 15) is 9.70 Å². The molecule has 0 radical (unpaired) electrons. The maximum atomic E-state index is 11.1. The molecule has 5 nitrogen and oxygen atoms in total. The second-order valence-electron chi connectivity index (χ2n) is 2.28. The van der Waals surface area contributed by atoms with E-state index < -0.39 is 6.03 Å². The van der Waals surface area contributed by atoms with Gasteiger partial charge in [-0.3, -0.25) is 0 Å². The van der Waals surface area contributed by atoms with Gasteiger partial charge in [-0.2, -0.15) is 0 Å². The number of amides is 2. The van der Waals surface area contributed by atoms with Crippen LogP contribution >= 0.6 is 0 Å². The van der Waals surface area contributed by atoms with Crippen LogP contribution in [0.25, 0.3) is 0 Å². The highest BCUT2D eigenvalue weighted by Crippen LogP contribution is 2.12. The first-order chi connectivity index (χ1) is 6.29. The van der Waals surface area contributed by atoms with Gasteiger partial charge in [0, 0.05) is 7.05 Å². The number of urea groups is 1. The van der Waals surface area contributed by atoms with Crippen LogP contribution in [0.1, 0.15) is 0 Å². The number of rotatable bonds is 2. The first-order valence-electron chi connectivity index (χ1n) is 3.69. The lowest BCUT2D eigenvalue weighted by atomic mass is 10.3. The summed E-state index contributed by atoms with van der Waals surface area (Å²) in [7, 11) is 1.43. The molecule has 1 aromatic carbocycles. The van der Waals surface area contributed by atoms with Crippen LogP contribution in [0.2, 0.25) is 0 Å². The zero-order chi connectivity index (χ0) is 9.68. The van der Waals surface area contributed by atoms with Crippen molar-refractivity contribution in [3.8, 4) is 0 Å². The van der Waals surface area contributed by atoms with Gasteiger partial charge >= 0.3 is 6.03 Å². The largest absolute Gasteiger partial charge is 0.344 e. The van der Waals surface area contributed by atoms with E-state index >= 15 is 0 Å². The average Bonchev–Trinajstić information content (AvgIpc) is 2.20. The second-order valence-corrected chi connectivity index (χ2v) is 2.28. The van der Waals surface area contributed by atoms with Crippen LogP contribution in [0.5, 0.6) is 0 Å². The van der Waals surface area contributed by atoms with E-state index in [4.69, 9.17) is 0 Å². The van der Waals surface area contributed by atoms with E-state index in [1.165, 1.54) is 7.05 Å². The molecule has 0 fully saturated rings. The van der Waals surface area contributed by atoms with Gasteiger partial charge in [0.25, 0.3) is 0 Å². The number of benzene rings is 1. The standard InChI is InChI=1S/C8H9N3O2/c1-9-8(12)11(10-13)7-5-3-2-4-6-7/h2-6H,1H3,(H,9,12). The molecule has 0 aliphatic heterocycles. The molecule has 0 spiro atoms. The Balaban J connectivity index is 2.91. The van der Waals surface area contributed by atoms with Crippen LogP contribution in [-0.2, 0) is 0 Å². The predicted octanol–water partition coefficient (Wildman–Crippen LogP) is 1.51. The quantitative estimate of drug-likeness (QED) is 0.552. The van der Waals surface area contributed by atoms with Gasteiger partial charge in [0.2, 0.25) is 0 Å². The molecule has 68 valence electrons. The van der Waals surface area contributed by atoms with Gasteiger partial charge in [0.05, 0.1) is 11.0 Å². The molecule has 1 N–H and O–H groups in total. The number of carbonyl (C=O) groups excluding carboxylic acids is 1. The zero-order valence-electron chi connectivity index (χ0n) is 7.10. The number of hydrogen-bond acceptors (Lipinski definition) is 3. The fourth-order valence-electron chi connectivity index (χ4n) is 0.877. The molecule has 0 heterocycles. The number of hydrogen-bond donors (Lipinski definition) is 1. The molecule has 2 amide bonds. The Kier molecular flexibility index (Phi) is 2.97. The molecule has 0 aliphatic carbocycles. The molecule has 5 heteroatoms. The first-order valence-corrected chi connectivity index (χ1v) is 3.69. The predicted molar refractivity (Wildman–Crippen MR) is 49.2 cm³/mol. The molecule has 1 rings (SSSR count). The van der Waals surface area contributed by atoms with E-state index in [1.54, 1.807) is 30.3 Å². The normalized spacial score (nSPS) is 9.00. The SMILES string of the molecule is CNC(=O)N(N=O)c1ccccc1. The van der Waals surface area contributed by atoms with Gasteiger partial charge in [-0.25, -0.2) is 4.79 Å². The maximum Gasteiger partial charge on any atom is 0.344 e. The molecule has 0 atom stereocenters. The van der Waals surface area contributed by atoms with Crippen LogP contribution in [0.3, 0.4) is 0 Å². The summed E-state index contributed by atoms with van der Waals surface area (Å²) in [5.74, 6) is 0. The summed E-state index contributed by atoms with van der Waals surface area (Å²) < 4.78 is 0. The van der Waals surface area contributed by atoms with Crippen LogP contribution in [0.4, 0.5) is 10.5 Å². The molecule has 1 aromatic rings. The van der Waals surface area contributed by atoms with Gasteiger partial charge in [0.15, 0.2) is 0 Å².